The van der Waals surface area contributed by atoms with E-state index in [0.29, 0.717) is 18.2 Å². The Bertz CT molecular complexity index is 390. The van der Waals surface area contributed by atoms with E-state index in [-0.39, 0.29) is 0 Å². The number of halogens is 2. The number of rotatable bonds is 10. The summed E-state index contributed by atoms with van der Waals surface area (Å²) in [5.41, 5.74) is 0.889. The van der Waals surface area contributed by atoms with E-state index in [4.69, 9.17) is 16.3 Å². The van der Waals surface area contributed by atoms with Gasteiger partial charge >= 0.3 is 0 Å². The van der Waals surface area contributed by atoms with Crippen LogP contribution in [0.25, 0.3) is 0 Å². The number of benzene rings is 1. The van der Waals surface area contributed by atoms with Crippen molar-refractivity contribution < 1.29 is 9.84 Å². The third-order valence-electron chi connectivity index (χ3n) is 2.91. The minimum absolute atomic E-state index is 0.364. The fourth-order valence-electron chi connectivity index (χ4n) is 1.75. The summed E-state index contributed by atoms with van der Waals surface area (Å²) in [6.07, 6.45) is 4.22. The Labute approximate surface area is 134 Å². The highest BCUT2D eigenvalue weighted by molar-refractivity contribution is 9.10. The predicted molar refractivity (Wildman–Crippen MR) is 88.6 cm³/mol. The molecule has 0 aromatic heterocycles. The van der Waals surface area contributed by atoms with Crippen molar-refractivity contribution in [1.29, 1.82) is 0 Å². The average molecular weight is 365 g/mol. The van der Waals surface area contributed by atoms with Crippen LogP contribution in [-0.4, -0.2) is 31.0 Å². The van der Waals surface area contributed by atoms with E-state index in [1.807, 2.05) is 18.2 Å². The number of hydrogen-bond donors (Lipinski definition) is 2. The third-order valence-corrected chi connectivity index (χ3v) is 4.15. The summed E-state index contributed by atoms with van der Waals surface area (Å²) in [5.74, 6) is 0. The molecule has 0 heterocycles. The van der Waals surface area contributed by atoms with Gasteiger partial charge in [0.1, 0.15) is 0 Å². The molecule has 0 saturated carbocycles. The van der Waals surface area contributed by atoms with Crippen molar-refractivity contribution in [3.8, 4) is 0 Å². The van der Waals surface area contributed by atoms with Crippen LogP contribution in [0.1, 0.15) is 32.6 Å². The highest BCUT2D eigenvalue weighted by atomic mass is 79.9. The zero-order chi connectivity index (χ0) is 14.8. The summed E-state index contributed by atoms with van der Waals surface area (Å²) < 4.78 is 6.31. The molecule has 0 amide bonds. The first-order chi connectivity index (χ1) is 9.63. The summed E-state index contributed by atoms with van der Waals surface area (Å²) in [7, 11) is 0. The van der Waals surface area contributed by atoms with Gasteiger partial charge in [0.15, 0.2) is 0 Å². The first-order valence-corrected chi connectivity index (χ1v) is 8.25. The molecular formula is C15H23BrClNO2. The molecule has 1 aromatic rings. The summed E-state index contributed by atoms with van der Waals surface area (Å²) >= 11 is 9.34. The van der Waals surface area contributed by atoms with Crippen LogP contribution < -0.4 is 5.32 Å². The molecule has 3 nitrogen and oxygen atoms in total. The average Bonchev–Trinajstić information content (AvgIpc) is 2.44. The topological polar surface area (TPSA) is 41.5 Å². The second-order valence-corrected chi connectivity index (χ2v) is 6.06. The van der Waals surface area contributed by atoms with Crippen LogP contribution in [0, 0.1) is 0 Å². The van der Waals surface area contributed by atoms with E-state index in [0.717, 1.165) is 23.2 Å². The van der Waals surface area contributed by atoms with E-state index in [2.05, 4.69) is 28.2 Å². The molecule has 0 bridgehead atoms. The monoisotopic (exact) mass is 363 g/mol. The maximum absolute atomic E-state index is 9.81. The van der Waals surface area contributed by atoms with Gasteiger partial charge in [-0.1, -0.05) is 37.8 Å². The minimum Gasteiger partial charge on any atom is -0.389 e. The van der Waals surface area contributed by atoms with Crippen LogP contribution >= 0.6 is 27.5 Å². The van der Waals surface area contributed by atoms with Crippen LogP contribution in [0.4, 0.5) is 5.69 Å². The molecule has 0 fully saturated rings. The first-order valence-electron chi connectivity index (χ1n) is 7.08. The Morgan fingerprint density at radius 3 is 2.85 bits per heavy atom. The van der Waals surface area contributed by atoms with Gasteiger partial charge in [0, 0.05) is 23.3 Å². The van der Waals surface area contributed by atoms with E-state index < -0.39 is 6.10 Å². The van der Waals surface area contributed by atoms with Crippen LogP contribution in [0.5, 0.6) is 0 Å². The molecular weight excluding hydrogens is 342 g/mol. The number of nitrogens with one attached hydrogen (secondary N) is 1. The molecule has 1 aromatic carbocycles. The van der Waals surface area contributed by atoms with Gasteiger partial charge in [-0.25, -0.2) is 0 Å². The molecule has 20 heavy (non-hydrogen) atoms. The Morgan fingerprint density at radius 2 is 2.15 bits per heavy atom. The van der Waals surface area contributed by atoms with Gasteiger partial charge in [0.05, 0.1) is 17.7 Å². The number of aliphatic hydroxyl groups excluding tert-OH is 1. The summed E-state index contributed by atoms with van der Waals surface area (Å²) in [4.78, 5) is 0. The van der Waals surface area contributed by atoms with Gasteiger partial charge in [-0.15, -0.1) is 0 Å². The van der Waals surface area contributed by atoms with E-state index in [9.17, 15) is 5.11 Å². The van der Waals surface area contributed by atoms with Crippen LogP contribution in [0.2, 0.25) is 5.02 Å². The zero-order valence-corrected chi connectivity index (χ0v) is 14.2. The molecule has 2 N–H and O–H groups in total. The van der Waals surface area contributed by atoms with Crippen LogP contribution in [0.3, 0.4) is 0 Å². The van der Waals surface area contributed by atoms with Gasteiger partial charge in [-0.2, -0.15) is 0 Å². The maximum atomic E-state index is 9.81. The molecule has 5 heteroatoms. The first kappa shape index (κ1) is 17.8. The normalized spacial score (nSPS) is 12.4. The predicted octanol–water partition coefficient (Wildman–Crippen LogP) is 4.47. The quantitative estimate of drug-likeness (QED) is 0.602. The summed E-state index contributed by atoms with van der Waals surface area (Å²) in [6.45, 7) is 3.72. The second-order valence-electron chi connectivity index (χ2n) is 4.80. The van der Waals surface area contributed by atoms with Crippen molar-refractivity contribution >= 4 is 33.2 Å². The van der Waals surface area contributed by atoms with Crippen molar-refractivity contribution in [1.82, 2.24) is 0 Å². The number of hydrogen-bond acceptors (Lipinski definition) is 3. The van der Waals surface area contributed by atoms with Gasteiger partial charge in [-0.3, -0.25) is 0 Å². The highest BCUT2D eigenvalue weighted by Crippen LogP contribution is 2.25. The van der Waals surface area contributed by atoms with E-state index in [1.54, 1.807) is 0 Å². The van der Waals surface area contributed by atoms with Crippen molar-refractivity contribution in [3.05, 3.63) is 27.7 Å². The molecule has 1 rings (SSSR count). The fraction of sp³-hybridized carbons (Fsp3) is 0.600. The van der Waals surface area contributed by atoms with Crippen molar-refractivity contribution in [2.24, 2.45) is 0 Å². The lowest BCUT2D eigenvalue weighted by Crippen LogP contribution is -2.25. The van der Waals surface area contributed by atoms with Gasteiger partial charge < -0.3 is 15.2 Å². The lowest BCUT2D eigenvalue weighted by Gasteiger charge is -2.13. The van der Waals surface area contributed by atoms with Gasteiger partial charge in [0.25, 0.3) is 0 Å². The minimum atomic E-state index is -0.511. The molecule has 0 radical (unpaired) electrons. The van der Waals surface area contributed by atoms with Crippen molar-refractivity contribution in [2.45, 2.75) is 38.7 Å². The molecule has 0 saturated heterocycles. The van der Waals surface area contributed by atoms with Crippen molar-refractivity contribution in [2.75, 3.05) is 25.1 Å². The van der Waals surface area contributed by atoms with E-state index >= 15 is 0 Å². The molecule has 114 valence electrons. The number of ether oxygens (including phenoxy) is 1. The van der Waals surface area contributed by atoms with E-state index in [1.165, 1.54) is 19.3 Å². The lowest BCUT2D eigenvalue weighted by atomic mass is 10.2. The molecule has 0 spiro atoms. The van der Waals surface area contributed by atoms with Crippen molar-refractivity contribution in [3.63, 3.8) is 0 Å². The number of anilines is 1. The largest absolute Gasteiger partial charge is 0.389 e. The molecule has 1 unspecified atom stereocenters. The SMILES string of the molecule is CCCCCCOCC(O)CNc1ccc(Br)c(Cl)c1. The van der Waals surface area contributed by atoms with Gasteiger partial charge in [-0.05, 0) is 40.5 Å². The Kier molecular flexibility index (Phi) is 9.27. The smallest absolute Gasteiger partial charge is 0.0945 e. The third kappa shape index (κ3) is 7.48. The number of unbranched alkanes of at least 4 members (excludes halogenated alkanes) is 3. The Morgan fingerprint density at radius 1 is 1.35 bits per heavy atom. The lowest BCUT2D eigenvalue weighted by molar-refractivity contribution is 0.0417. The Balaban J connectivity index is 2.13. The number of aliphatic hydroxyl groups is 1. The zero-order valence-electron chi connectivity index (χ0n) is 11.9. The van der Waals surface area contributed by atoms with Gasteiger partial charge in [0.2, 0.25) is 0 Å². The van der Waals surface area contributed by atoms with Crippen LogP contribution in [0.15, 0.2) is 22.7 Å². The Hall–Kier alpha value is -0.290. The standard InChI is InChI=1S/C15H23BrClNO2/c1-2-3-4-5-8-20-11-13(19)10-18-12-6-7-14(16)15(17)9-12/h6-7,9,13,18-19H,2-5,8,10-11H2,1H3. The molecule has 0 aliphatic rings. The fourth-order valence-corrected chi connectivity index (χ4v) is 2.18. The van der Waals surface area contributed by atoms with Crippen LogP contribution in [-0.2, 0) is 4.74 Å². The second kappa shape index (κ2) is 10.4. The summed E-state index contributed by atoms with van der Waals surface area (Å²) in [5, 5.41) is 13.6. The summed E-state index contributed by atoms with van der Waals surface area (Å²) in [6, 6.07) is 5.61. The highest BCUT2D eigenvalue weighted by Gasteiger charge is 2.05. The molecule has 0 aliphatic heterocycles. The maximum Gasteiger partial charge on any atom is 0.0945 e. The molecule has 0 aliphatic carbocycles. The molecule has 1 atom stereocenters.